The van der Waals surface area contributed by atoms with Gasteiger partial charge in [-0.2, -0.15) is 0 Å². The van der Waals surface area contributed by atoms with Crippen LogP contribution in [0.2, 0.25) is 0 Å². The van der Waals surface area contributed by atoms with Gasteiger partial charge in [0.2, 0.25) is 0 Å². The summed E-state index contributed by atoms with van der Waals surface area (Å²) >= 11 is 1.70. The van der Waals surface area contributed by atoms with E-state index in [4.69, 9.17) is 4.74 Å². The zero-order chi connectivity index (χ0) is 12.7. The van der Waals surface area contributed by atoms with E-state index in [-0.39, 0.29) is 5.78 Å². The van der Waals surface area contributed by atoms with Crippen LogP contribution in [0.25, 0.3) is 20.2 Å². The fourth-order valence-electron chi connectivity index (χ4n) is 2.20. The first kappa shape index (κ1) is 11.2. The van der Waals surface area contributed by atoms with Gasteiger partial charge in [-0.15, -0.1) is 11.3 Å². The van der Waals surface area contributed by atoms with Gasteiger partial charge in [-0.3, -0.25) is 4.79 Å². The molecule has 0 aliphatic carbocycles. The van der Waals surface area contributed by atoms with Gasteiger partial charge in [0.25, 0.3) is 0 Å². The number of benzene rings is 2. The van der Waals surface area contributed by atoms with Crippen molar-refractivity contribution in [1.29, 1.82) is 0 Å². The van der Waals surface area contributed by atoms with Crippen molar-refractivity contribution in [3.63, 3.8) is 0 Å². The number of ether oxygens (including phenoxy) is 1. The van der Waals surface area contributed by atoms with Crippen LogP contribution in [0.5, 0.6) is 5.75 Å². The van der Waals surface area contributed by atoms with E-state index < -0.39 is 0 Å². The monoisotopic (exact) mass is 256 g/mol. The third kappa shape index (κ3) is 1.59. The van der Waals surface area contributed by atoms with Gasteiger partial charge in [0.15, 0.2) is 5.78 Å². The Balaban J connectivity index is 2.43. The molecule has 0 spiro atoms. The lowest BCUT2D eigenvalue weighted by Gasteiger charge is -2.05. The number of carbonyl (C=O) groups excluding carboxylic acids is 1. The highest BCUT2D eigenvalue weighted by Crippen LogP contribution is 2.37. The SMILES string of the molecule is COc1cc2c(cc1C(C)=O)sc1ccccc12. The van der Waals surface area contributed by atoms with Crippen molar-refractivity contribution >= 4 is 37.3 Å². The molecule has 0 bridgehead atoms. The largest absolute Gasteiger partial charge is 0.496 e. The van der Waals surface area contributed by atoms with Gasteiger partial charge in [0, 0.05) is 20.2 Å². The number of hydrogen-bond acceptors (Lipinski definition) is 3. The molecule has 18 heavy (non-hydrogen) atoms. The molecule has 0 aliphatic heterocycles. The molecule has 1 aromatic heterocycles. The zero-order valence-corrected chi connectivity index (χ0v) is 11.0. The van der Waals surface area contributed by atoms with Crippen LogP contribution in [-0.4, -0.2) is 12.9 Å². The highest BCUT2D eigenvalue weighted by atomic mass is 32.1. The molecule has 3 rings (SSSR count). The third-order valence-electron chi connectivity index (χ3n) is 3.08. The number of methoxy groups -OCH3 is 1. The molecule has 0 saturated carbocycles. The first-order chi connectivity index (χ1) is 8.70. The van der Waals surface area contributed by atoms with E-state index in [1.807, 2.05) is 24.3 Å². The van der Waals surface area contributed by atoms with E-state index >= 15 is 0 Å². The van der Waals surface area contributed by atoms with Gasteiger partial charge < -0.3 is 4.74 Å². The van der Waals surface area contributed by atoms with Crippen molar-refractivity contribution in [1.82, 2.24) is 0 Å². The number of rotatable bonds is 2. The average molecular weight is 256 g/mol. The Bertz CT molecular complexity index is 756. The van der Waals surface area contributed by atoms with Crippen LogP contribution in [0, 0.1) is 0 Å². The van der Waals surface area contributed by atoms with Crippen LogP contribution in [0.1, 0.15) is 17.3 Å². The molecule has 3 heteroatoms. The quantitative estimate of drug-likeness (QED) is 0.640. The molecule has 1 heterocycles. The first-order valence-electron chi connectivity index (χ1n) is 5.71. The second kappa shape index (κ2) is 4.10. The number of ketones is 1. The summed E-state index contributed by atoms with van der Waals surface area (Å²) in [6.45, 7) is 1.57. The number of thiophene rings is 1. The third-order valence-corrected chi connectivity index (χ3v) is 4.21. The maximum Gasteiger partial charge on any atom is 0.163 e. The maximum absolute atomic E-state index is 11.6. The van der Waals surface area contributed by atoms with Crippen LogP contribution >= 0.6 is 11.3 Å². The second-order valence-electron chi connectivity index (χ2n) is 4.20. The summed E-state index contributed by atoms with van der Waals surface area (Å²) in [6, 6.07) is 12.1. The number of fused-ring (bicyclic) bond motifs is 3. The lowest BCUT2D eigenvalue weighted by atomic mass is 10.1. The number of hydrogen-bond donors (Lipinski definition) is 0. The minimum absolute atomic E-state index is 0.0335. The summed E-state index contributed by atoms with van der Waals surface area (Å²) in [7, 11) is 1.60. The lowest BCUT2D eigenvalue weighted by Crippen LogP contribution is -1.96. The van der Waals surface area contributed by atoms with E-state index in [0.717, 1.165) is 10.1 Å². The van der Waals surface area contributed by atoms with Crippen LogP contribution < -0.4 is 4.74 Å². The van der Waals surface area contributed by atoms with Crippen LogP contribution in [0.3, 0.4) is 0 Å². The molecular formula is C15H12O2S. The van der Waals surface area contributed by atoms with Gasteiger partial charge in [-0.1, -0.05) is 18.2 Å². The molecule has 0 N–H and O–H groups in total. The fraction of sp³-hybridized carbons (Fsp3) is 0.133. The van der Waals surface area contributed by atoms with Crippen LogP contribution in [-0.2, 0) is 0 Å². The van der Waals surface area contributed by atoms with Crippen molar-refractivity contribution < 1.29 is 9.53 Å². The summed E-state index contributed by atoms with van der Waals surface area (Å²) in [5.41, 5.74) is 0.650. The van der Waals surface area contributed by atoms with E-state index in [0.29, 0.717) is 11.3 Å². The minimum atomic E-state index is 0.0335. The van der Waals surface area contributed by atoms with Crippen LogP contribution in [0.15, 0.2) is 36.4 Å². The van der Waals surface area contributed by atoms with Gasteiger partial charge >= 0.3 is 0 Å². The maximum atomic E-state index is 11.6. The minimum Gasteiger partial charge on any atom is -0.496 e. The topological polar surface area (TPSA) is 26.3 Å². The Labute approximate surface area is 109 Å². The molecule has 0 fully saturated rings. The van der Waals surface area contributed by atoms with Gasteiger partial charge in [0.05, 0.1) is 12.7 Å². The van der Waals surface area contributed by atoms with Crippen molar-refractivity contribution in [2.45, 2.75) is 6.92 Å². The molecule has 0 aliphatic rings. The second-order valence-corrected chi connectivity index (χ2v) is 5.29. The van der Waals surface area contributed by atoms with Crippen LogP contribution in [0.4, 0.5) is 0 Å². The number of carbonyl (C=O) groups is 1. The van der Waals surface area contributed by atoms with Gasteiger partial charge in [-0.25, -0.2) is 0 Å². The van der Waals surface area contributed by atoms with E-state index in [9.17, 15) is 4.79 Å². The van der Waals surface area contributed by atoms with E-state index in [2.05, 4.69) is 12.1 Å². The Morgan fingerprint density at radius 3 is 2.61 bits per heavy atom. The predicted molar refractivity (Wildman–Crippen MR) is 75.9 cm³/mol. The molecule has 0 radical (unpaired) electrons. The molecule has 0 saturated heterocycles. The smallest absolute Gasteiger partial charge is 0.163 e. The van der Waals surface area contributed by atoms with Gasteiger partial charge in [0.1, 0.15) is 5.75 Å². The van der Waals surface area contributed by atoms with Crippen molar-refractivity contribution in [2.75, 3.05) is 7.11 Å². The van der Waals surface area contributed by atoms with Crippen molar-refractivity contribution in [3.05, 3.63) is 42.0 Å². The fourth-order valence-corrected chi connectivity index (χ4v) is 3.32. The lowest BCUT2D eigenvalue weighted by molar-refractivity contribution is 0.101. The molecule has 3 aromatic rings. The molecule has 2 nitrogen and oxygen atoms in total. The van der Waals surface area contributed by atoms with Crippen molar-refractivity contribution in [2.24, 2.45) is 0 Å². The highest BCUT2D eigenvalue weighted by Gasteiger charge is 2.13. The summed E-state index contributed by atoms with van der Waals surface area (Å²) in [6.07, 6.45) is 0. The van der Waals surface area contributed by atoms with Crippen molar-refractivity contribution in [3.8, 4) is 5.75 Å². The van der Waals surface area contributed by atoms with E-state index in [1.165, 1.54) is 10.1 Å². The predicted octanol–water partition coefficient (Wildman–Crippen LogP) is 4.27. The molecule has 2 aromatic carbocycles. The Hall–Kier alpha value is -1.87. The first-order valence-corrected chi connectivity index (χ1v) is 6.52. The number of Topliss-reactive ketones (excluding diaryl/α,β-unsaturated/α-hetero) is 1. The molecule has 0 amide bonds. The summed E-state index contributed by atoms with van der Waals surface area (Å²) < 4.78 is 7.68. The normalized spacial score (nSPS) is 11.0. The van der Waals surface area contributed by atoms with E-state index in [1.54, 1.807) is 25.4 Å². The summed E-state index contributed by atoms with van der Waals surface area (Å²) in [5, 5.41) is 2.36. The Morgan fingerprint density at radius 1 is 1.11 bits per heavy atom. The molecule has 90 valence electrons. The van der Waals surface area contributed by atoms with Gasteiger partial charge in [-0.05, 0) is 25.1 Å². The standard InChI is InChI=1S/C15H12O2S/c1-9(16)11-8-15-12(7-13(11)17-2)10-5-3-4-6-14(10)18-15/h3-8H,1-2H3. The summed E-state index contributed by atoms with van der Waals surface area (Å²) in [5.74, 6) is 0.685. The Morgan fingerprint density at radius 2 is 1.89 bits per heavy atom. The Kier molecular flexibility index (Phi) is 2.56. The molecular weight excluding hydrogens is 244 g/mol. The highest BCUT2D eigenvalue weighted by molar-refractivity contribution is 7.25. The average Bonchev–Trinajstić information content (AvgIpc) is 2.74. The molecule has 0 unspecified atom stereocenters. The molecule has 0 atom stereocenters. The summed E-state index contributed by atoms with van der Waals surface area (Å²) in [4.78, 5) is 11.6. The zero-order valence-electron chi connectivity index (χ0n) is 10.2.